The van der Waals surface area contributed by atoms with Crippen molar-refractivity contribution in [3.8, 4) is 0 Å². The van der Waals surface area contributed by atoms with Gasteiger partial charge >= 0.3 is 0 Å². The van der Waals surface area contributed by atoms with E-state index < -0.39 is 24.4 Å². The number of hydrogen-bond donors (Lipinski definition) is 3. The molecule has 1 saturated heterocycles. The fraction of sp³-hybridized carbons (Fsp3) is 0.727. The number of ether oxygens (including phenoxy) is 1. The Morgan fingerprint density at radius 2 is 2.06 bits per heavy atom. The van der Waals surface area contributed by atoms with Gasteiger partial charge in [-0.25, -0.2) is 0 Å². The molecule has 0 saturated carbocycles. The summed E-state index contributed by atoms with van der Waals surface area (Å²) in [5.41, 5.74) is 5.32. The lowest BCUT2D eigenvalue weighted by molar-refractivity contribution is 0.00501. The molecule has 1 heterocycles. The van der Waals surface area contributed by atoms with E-state index >= 15 is 0 Å². The van der Waals surface area contributed by atoms with Crippen molar-refractivity contribution in [3.63, 3.8) is 0 Å². The van der Waals surface area contributed by atoms with Crippen LogP contribution in [0.3, 0.4) is 0 Å². The Bertz CT molecular complexity index is 235. The minimum atomic E-state index is -1.00. The molecule has 5 nitrogen and oxygen atoms in total. The van der Waals surface area contributed by atoms with Gasteiger partial charge in [0.1, 0.15) is 12.2 Å². The molecule has 1 aliphatic rings. The normalized spacial score (nSPS) is 35.4. The molecule has 5 heteroatoms. The largest absolute Gasteiger partial charge is 0.388 e. The van der Waals surface area contributed by atoms with Gasteiger partial charge in [0, 0.05) is 19.6 Å². The second-order valence-corrected chi connectivity index (χ2v) is 4.05. The summed E-state index contributed by atoms with van der Waals surface area (Å²) in [5, 5.41) is 19.0. The maximum atomic E-state index is 9.63. The van der Waals surface area contributed by atoms with Crippen molar-refractivity contribution >= 4 is 0 Å². The first-order chi connectivity index (χ1) is 7.56. The van der Waals surface area contributed by atoms with E-state index in [9.17, 15) is 10.2 Å². The first-order valence-corrected chi connectivity index (χ1v) is 5.37. The highest BCUT2D eigenvalue weighted by atomic mass is 16.5. The van der Waals surface area contributed by atoms with Crippen LogP contribution in [0.1, 0.15) is 0 Å². The van der Waals surface area contributed by atoms with Crippen molar-refractivity contribution in [1.29, 1.82) is 0 Å². The maximum Gasteiger partial charge on any atom is 0.110 e. The second-order valence-electron chi connectivity index (χ2n) is 4.05. The van der Waals surface area contributed by atoms with Crippen molar-refractivity contribution in [2.24, 2.45) is 5.73 Å². The fourth-order valence-corrected chi connectivity index (χ4v) is 1.66. The monoisotopic (exact) mass is 228 g/mol. The SMILES string of the molecule is [CH][C@@H]1O[C@H](CN(C)C/C=C\CN)[C@H](O)C1O. The molecule has 1 unspecified atom stereocenters. The zero-order chi connectivity index (χ0) is 12.1. The predicted molar refractivity (Wildman–Crippen MR) is 60.7 cm³/mol. The van der Waals surface area contributed by atoms with E-state index in [1.165, 1.54) is 0 Å². The minimum absolute atomic E-state index is 0.443. The lowest BCUT2D eigenvalue weighted by Gasteiger charge is -2.21. The van der Waals surface area contributed by atoms with Crippen molar-refractivity contribution in [3.05, 3.63) is 19.1 Å². The van der Waals surface area contributed by atoms with Crippen LogP contribution in [0.25, 0.3) is 0 Å². The van der Waals surface area contributed by atoms with E-state index in [2.05, 4.69) is 0 Å². The Hall–Kier alpha value is -0.460. The number of nitrogens with two attached hydrogens (primary N) is 1. The number of aliphatic hydroxyl groups excluding tert-OH is 2. The first kappa shape index (κ1) is 13.6. The molecule has 1 rings (SSSR count). The zero-order valence-electron chi connectivity index (χ0n) is 9.49. The van der Waals surface area contributed by atoms with Crippen molar-refractivity contribution < 1.29 is 14.9 Å². The van der Waals surface area contributed by atoms with Crippen molar-refractivity contribution in [1.82, 2.24) is 4.90 Å². The molecular formula is C11H20N2O3. The number of rotatable bonds is 5. The van der Waals surface area contributed by atoms with Crippen LogP contribution in [0, 0.1) is 6.92 Å². The average Bonchev–Trinajstić information content (AvgIpc) is 2.47. The molecule has 1 aliphatic heterocycles. The quantitative estimate of drug-likeness (QED) is 0.506. The van der Waals surface area contributed by atoms with Crippen molar-refractivity contribution in [2.75, 3.05) is 26.7 Å². The fourth-order valence-electron chi connectivity index (χ4n) is 1.66. The van der Waals surface area contributed by atoms with Gasteiger partial charge in [0.15, 0.2) is 0 Å². The van der Waals surface area contributed by atoms with E-state index in [0.29, 0.717) is 13.1 Å². The Morgan fingerprint density at radius 3 is 2.56 bits per heavy atom. The zero-order valence-corrected chi connectivity index (χ0v) is 9.49. The number of likely N-dealkylation sites (N-methyl/N-ethyl adjacent to an activating group) is 1. The molecule has 0 aromatic rings. The summed E-state index contributed by atoms with van der Waals surface area (Å²) in [6.45, 7) is 7.22. The van der Waals surface area contributed by atoms with Gasteiger partial charge in [0.2, 0.25) is 0 Å². The van der Waals surface area contributed by atoms with Crippen LogP contribution in [0.4, 0.5) is 0 Å². The first-order valence-electron chi connectivity index (χ1n) is 5.37. The molecule has 16 heavy (non-hydrogen) atoms. The molecule has 0 aromatic carbocycles. The third-order valence-electron chi connectivity index (χ3n) is 2.61. The van der Waals surface area contributed by atoms with Gasteiger partial charge in [-0.15, -0.1) is 0 Å². The highest BCUT2D eigenvalue weighted by Gasteiger charge is 2.40. The minimum Gasteiger partial charge on any atom is -0.388 e. The molecule has 4 atom stereocenters. The average molecular weight is 228 g/mol. The second kappa shape index (κ2) is 6.32. The van der Waals surface area contributed by atoms with Gasteiger partial charge in [0.05, 0.1) is 12.2 Å². The van der Waals surface area contributed by atoms with Crippen LogP contribution < -0.4 is 5.73 Å². The van der Waals surface area contributed by atoms with Crippen LogP contribution in [-0.4, -0.2) is 66.2 Å². The van der Waals surface area contributed by atoms with Gasteiger partial charge in [-0.3, -0.25) is 0 Å². The topological polar surface area (TPSA) is 79.0 Å². The molecular weight excluding hydrogens is 208 g/mol. The Morgan fingerprint density at radius 1 is 1.38 bits per heavy atom. The van der Waals surface area contributed by atoms with E-state index in [1.54, 1.807) is 0 Å². The molecule has 0 spiro atoms. The summed E-state index contributed by atoms with van der Waals surface area (Å²) in [6, 6.07) is 0. The highest BCUT2D eigenvalue weighted by Crippen LogP contribution is 2.20. The Labute approximate surface area is 96.5 Å². The Balaban J connectivity index is 2.34. The molecule has 1 fully saturated rings. The van der Waals surface area contributed by atoms with Gasteiger partial charge in [-0.05, 0) is 14.0 Å². The molecule has 92 valence electrons. The van der Waals surface area contributed by atoms with Crippen LogP contribution in [0.15, 0.2) is 12.2 Å². The van der Waals surface area contributed by atoms with Gasteiger partial charge in [-0.1, -0.05) is 12.2 Å². The number of aliphatic hydroxyl groups is 2. The van der Waals surface area contributed by atoms with Crippen LogP contribution >= 0.6 is 0 Å². The molecule has 2 radical (unpaired) electrons. The van der Waals surface area contributed by atoms with E-state index in [0.717, 1.165) is 6.54 Å². The lowest BCUT2D eigenvalue weighted by Crippen LogP contribution is -2.38. The summed E-state index contributed by atoms with van der Waals surface area (Å²) >= 11 is 0. The third kappa shape index (κ3) is 3.54. The molecule has 0 aliphatic carbocycles. The smallest absolute Gasteiger partial charge is 0.110 e. The molecule has 0 amide bonds. The summed E-state index contributed by atoms with van der Waals surface area (Å²) in [5.74, 6) is 0. The summed E-state index contributed by atoms with van der Waals surface area (Å²) in [6.07, 6.45) is 0.643. The standard InChI is InChI=1S/C11H20N2O3/c1-8-10(14)11(15)9(16-8)7-13(2)6-4-3-5-12/h1,3-4,8-11,14-15H,5-7,12H2,2H3/b4-3-/t8-,9+,10?,11-/m0/s1. The van der Waals surface area contributed by atoms with Gasteiger partial charge in [0.25, 0.3) is 0 Å². The number of nitrogens with zero attached hydrogens (tertiary/aromatic N) is 1. The van der Waals surface area contributed by atoms with E-state index in [-0.39, 0.29) is 0 Å². The van der Waals surface area contributed by atoms with Gasteiger partial charge < -0.3 is 25.6 Å². The van der Waals surface area contributed by atoms with Gasteiger partial charge in [-0.2, -0.15) is 0 Å². The van der Waals surface area contributed by atoms with Crippen LogP contribution in [0.2, 0.25) is 0 Å². The maximum absolute atomic E-state index is 9.63. The molecule has 0 bridgehead atoms. The predicted octanol–water partition coefficient (Wildman–Crippen LogP) is -1.37. The Kier molecular flexibility index (Phi) is 5.37. The molecule has 4 N–H and O–H groups in total. The highest BCUT2D eigenvalue weighted by molar-refractivity contribution is 4.93. The lowest BCUT2D eigenvalue weighted by atomic mass is 10.1. The third-order valence-corrected chi connectivity index (χ3v) is 2.61. The van der Waals surface area contributed by atoms with Crippen LogP contribution in [-0.2, 0) is 4.74 Å². The van der Waals surface area contributed by atoms with Crippen molar-refractivity contribution in [2.45, 2.75) is 24.4 Å². The summed E-state index contributed by atoms with van der Waals surface area (Å²) in [4.78, 5) is 1.96. The van der Waals surface area contributed by atoms with E-state index in [4.69, 9.17) is 17.4 Å². The molecule has 0 aromatic heterocycles. The summed E-state index contributed by atoms with van der Waals surface area (Å²) in [7, 11) is 1.90. The number of hydrogen-bond acceptors (Lipinski definition) is 5. The van der Waals surface area contributed by atoms with Crippen LogP contribution in [0.5, 0.6) is 0 Å². The summed E-state index contributed by atoms with van der Waals surface area (Å²) < 4.78 is 5.25. The van der Waals surface area contributed by atoms with E-state index in [1.807, 2.05) is 24.1 Å².